The van der Waals surface area contributed by atoms with E-state index in [0.29, 0.717) is 31.5 Å². The van der Waals surface area contributed by atoms with Gasteiger partial charge < -0.3 is 5.32 Å². The molecule has 3 N–H and O–H groups in total. The topological polar surface area (TPSA) is 92.5 Å². The summed E-state index contributed by atoms with van der Waals surface area (Å²) in [6, 6.07) is 15.6. The van der Waals surface area contributed by atoms with E-state index in [1.165, 1.54) is 23.3 Å². The van der Waals surface area contributed by atoms with Crippen molar-refractivity contribution in [3.8, 4) is 0 Å². The number of sulfonamides is 1. The number of rotatable bonds is 10. The number of benzene rings is 2. The van der Waals surface area contributed by atoms with E-state index < -0.39 is 10.0 Å². The average molecular weight is 430 g/mol. The molecule has 1 fully saturated rings. The Morgan fingerprint density at radius 2 is 1.67 bits per heavy atom. The Hall–Kier alpha value is -2.22. The van der Waals surface area contributed by atoms with Gasteiger partial charge in [-0.25, -0.2) is 13.6 Å². The van der Waals surface area contributed by atoms with E-state index in [-0.39, 0.29) is 10.8 Å². The Morgan fingerprint density at radius 1 is 1.07 bits per heavy atom. The Labute approximate surface area is 179 Å². The largest absolute Gasteiger partial charge is 0.355 e. The van der Waals surface area contributed by atoms with Crippen LogP contribution in [0.25, 0.3) is 0 Å². The van der Waals surface area contributed by atoms with Crippen molar-refractivity contribution >= 4 is 15.9 Å². The molecule has 0 unspecified atom stereocenters. The van der Waals surface area contributed by atoms with Crippen molar-refractivity contribution in [1.82, 2.24) is 10.2 Å². The highest BCUT2D eigenvalue weighted by molar-refractivity contribution is 7.89. The number of primary sulfonamides is 1. The molecule has 0 saturated heterocycles. The number of carbonyl (C=O) groups excluding carboxylic acids is 1. The SMILES string of the molecule is CC(C)c1ccc(CN(CC(=O)NCCc2ccc(S(N)(=O)=O)cc2)C2CC2)cc1. The van der Waals surface area contributed by atoms with Crippen LogP contribution in [0.3, 0.4) is 0 Å². The molecule has 0 aromatic heterocycles. The van der Waals surface area contributed by atoms with Crippen LogP contribution < -0.4 is 10.5 Å². The maximum atomic E-state index is 12.4. The highest BCUT2D eigenvalue weighted by atomic mass is 32.2. The molecular formula is C23H31N3O3S. The molecule has 6 nitrogen and oxygen atoms in total. The summed E-state index contributed by atoms with van der Waals surface area (Å²) in [5.41, 5.74) is 3.51. The van der Waals surface area contributed by atoms with Crippen LogP contribution in [0.5, 0.6) is 0 Å². The summed E-state index contributed by atoms with van der Waals surface area (Å²) in [5, 5.41) is 8.08. The molecule has 162 valence electrons. The maximum Gasteiger partial charge on any atom is 0.238 e. The van der Waals surface area contributed by atoms with Crippen LogP contribution in [0.15, 0.2) is 53.4 Å². The second kappa shape index (κ2) is 9.73. The van der Waals surface area contributed by atoms with Crippen molar-refractivity contribution in [2.75, 3.05) is 13.1 Å². The maximum absolute atomic E-state index is 12.4. The van der Waals surface area contributed by atoms with Crippen LogP contribution in [0.4, 0.5) is 0 Å². The number of amides is 1. The van der Waals surface area contributed by atoms with Crippen LogP contribution in [0, 0.1) is 0 Å². The van der Waals surface area contributed by atoms with Gasteiger partial charge in [0.2, 0.25) is 15.9 Å². The normalized spacial score (nSPS) is 14.3. The first-order valence-corrected chi connectivity index (χ1v) is 12.0. The van der Waals surface area contributed by atoms with Crippen molar-refractivity contribution in [3.63, 3.8) is 0 Å². The first-order chi connectivity index (χ1) is 14.2. The Kier molecular flexibility index (Phi) is 7.28. The van der Waals surface area contributed by atoms with Gasteiger partial charge in [-0.2, -0.15) is 0 Å². The predicted octanol–water partition coefficient (Wildman–Crippen LogP) is 2.78. The number of hydrogen-bond donors (Lipinski definition) is 2. The second-order valence-electron chi connectivity index (χ2n) is 8.32. The van der Waals surface area contributed by atoms with Crippen molar-refractivity contribution in [2.24, 2.45) is 5.14 Å². The van der Waals surface area contributed by atoms with Gasteiger partial charge in [0.25, 0.3) is 0 Å². The fraction of sp³-hybridized carbons (Fsp3) is 0.435. The second-order valence-corrected chi connectivity index (χ2v) is 9.88. The molecule has 0 bridgehead atoms. The molecule has 0 heterocycles. The first-order valence-electron chi connectivity index (χ1n) is 10.4. The van der Waals surface area contributed by atoms with Crippen molar-refractivity contribution in [3.05, 3.63) is 65.2 Å². The number of carbonyl (C=O) groups is 1. The van der Waals surface area contributed by atoms with E-state index >= 15 is 0 Å². The van der Waals surface area contributed by atoms with Gasteiger partial charge in [0.1, 0.15) is 0 Å². The van der Waals surface area contributed by atoms with Crippen molar-refractivity contribution in [2.45, 2.75) is 56.5 Å². The van der Waals surface area contributed by atoms with Gasteiger partial charge in [-0.3, -0.25) is 9.69 Å². The monoisotopic (exact) mass is 429 g/mol. The smallest absolute Gasteiger partial charge is 0.238 e. The summed E-state index contributed by atoms with van der Waals surface area (Å²) in [6.45, 7) is 6.05. The molecule has 30 heavy (non-hydrogen) atoms. The summed E-state index contributed by atoms with van der Waals surface area (Å²) in [5.74, 6) is 0.530. The zero-order valence-electron chi connectivity index (χ0n) is 17.7. The van der Waals surface area contributed by atoms with E-state index in [0.717, 1.165) is 24.9 Å². The third-order valence-corrected chi connectivity index (χ3v) is 6.36. The lowest BCUT2D eigenvalue weighted by molar-refractivity contribution is -0.122. The summed E-state index contributed by atoms with van der Waals surface area (Å²) >= 11 is 0. The van der Waals surface area contributed by atoms with Crippen molar-refractivity contribution < 1.29 is 13.2 Å². The van der Waals surface area contributed by atoms with Gasteiger partial charge in [-0.15, -0.1) is 0 Å². The van der Waals surface area contributed by atoms with Gasteiger partial charge in [0.05, 0.1) is 11.4 Å². The number of hydrogen-bond acceptors (Lipinski definition) is 4. The average Bonchev–Trinajstić information content (AvgIpc) is 3.53. The van der Waals surface area contributed by atoms with Crippen molar-refractivity contribution in [1.29, 1.82) is 0 Å². The Balaban J connectivity index is 1.47. The molecule has 1 aliphatic carbocycles. The molecule has 1 amide bonds. The lowest BCUT2D eigenvalue weighted by Crippen LogP contribution is -2.38. The van der Waals surface area contributed by atoms with E-state index in [4.69, 9.17) is 5.14 Å². The number of nitrogens with zero attached hydrogens (tertiary/aromatic N) is 1. The summed E-state index contributed by atoms with van der Waals surface area (Å²) in [4.78, 5) is 14.8. The molecule has 2 aromatic rings. The summed E-state index contributed by atoms with van der Waals surface area (Å²) in [6.07, 6.45) is 2.93. The minimum atomic E-state index is -3.68. The Morgan fingerprint density at radius 3 is 2.20 bits per heavy atom. The van der Waals surface area contributed by atoms with E-state index in [1.807, 2.05) is 0 Å². The van der Waals surface area contributed by atoms with Gasteiger partial charge in [-0.05, 0) is 54.0 Å². The molecule has 0 radical (unpaired) electrons. The molecule has 0 atom stereocenters. The van der Waals surface area contributed by atoms with Crippen LogP contribution in [-0.2, 0) is 27.8 Å². The third-order valence-electron chi connectivity index (χ3n) is 5.43. The standard InChI is InChI=1S/C23H31N3O3S/c1-17(2)20-7-3-19(4-8-20)15-26(21-9-10-21)16-23(27)25-14-13-18-5-11-22(12-6-18)30(24,28)29/h3-8,11-12,17,21H,9-10,13-16H2,1-2H3,(H,25,27)(H2,24,28,29). The van der Waals surface area contributed by atoms with Gasteiger partial charge in [0, 0.05) is 19.1 Å². The number of nitrogens with two attached hydrogens (primary N) is 1. The predicted molar refractivity (Wildman–Crippen MR) is 118 cm³/mol. The molecule has 2 aromatic carbocycles. The minimum Gasteiger partial charge on any atom is -0.355 e. The van der Waals surface area contributed by atoms with Crippen LogP contribution in [0.1, 0.15) is 49.3 Å². The highest BCUT2D eigenvalue weighted by Crippen LogP contribution is 2.28. The van der Waals surface area contributed by atoms with E-state index in [9.17, 15) is 13.2 Å². The number of nitrogens with one attached hydrogen (secondary N) is 1. The lowest BCUT2D eigenvalue weighted by Gasteiger charge is -2.22. The molecule has 1 aliphatic rings. The lowest BCUT2D eigenvalue weighted by atomic mass is 10.0. The molecule has 0 spiro atoms. The fourth-order valence-corrected chi connectivity index (χ4v) is 3.94. The zero-order valence-corrected chi connectivity index (χ0v) is 18.5. The third kappa shape index (κ3) is 6.65. The van der Waals surface area contributed by atoms with Gasteiger partial charge in [-0.1, -0.05) is 50.2 Å². The zero-order chi connectivity index (χ0) is 21.7. The molecular weight excluding hydrogens is 398 g/mol. The highest BCUT2D eigenvalue weighted by Gasteiger charge is 2.30. The molecule has 0 aliphatic heterocycles. The van der Waals surface area contributed by atoms with Crippen LogP contribution >= 0.6 is 0 Å². The van der Waals surface area contributed by atoms with Crippen LogP contribution in [0.2, 0.25) is 0 Å². The minimum absolute atomic E-state index is 0.0156. The fourth-order valence-electron chi connectivity index (χ4n) is 3.43. The molecule has 1 saturated carbocycles. The Bertz CT molecular complexity index is 950. The quantitative estimate of drug-likeness (QED) is 0.607. The molecule has 7 heteroatoms. The first kappa shape index (κ1) is 22.5. The van der Waals surface area contributed by atoms with Gasteiger partial charge >= 0.3 is 0 Å². The summed E-state index contributed by atoms with van der Waals surface area (Å²) < 4.78 is 22.6. The van der Waals surface area contributed by atoms with Crippen LogP contribution in [-0.4, -0.2) is 38.4 Å². The summed E-state index contributed by atoms with van der Waals surface area (Å²) in [7, 11) is -3.68. The van der Waals surface area contributed by atoms with Gasteiger partial charge in [0.15, 0.2) is 0 Å². The molecule has 3 rings (SSSR count). The van der Waals surface area contributed by atoms with E-state index in [1.54, 1.807) is 12.1 Å². The van der Waals surface area contributed by atoms with E-state index in [2.05, 4.69) is 48.3 Å².